The number of para-hydroxylation sites is 1. The highest BCUT2D eigenvalue weighted by molar-refractivity contribution is 6.00. The maximum atomic E-state index is 13.2. The van der Waals surface area contributed by atoms with E-state index in [0.29, 0.717) is 12.3 Å². The average molecular weight is 440 g/mol. The average Bonchev–Trinajstić information content (AvgIpc) is 3.05. The van der Waals surface area contributed by atoms with E-state index in [1.54, 1.807) is 16.2 Å². The highest BCUT2D eigenvalue weighted by Gasteiger charge is 2.33. The number of hydrogen-bond acceptors (Lipinski definition) is 5. The van der Waals surface area contributed by atoms with E-state index >= 15 is 0 Å². The number of aromatic nitrogens is 2. The molecule has 0 saturated carbocycles. The summed E-state index contributed by atoms with van der Waals surface area (Å²) in [6.45, 7) is 5.56. The van der Waals surface area contributed by atoms with Crippen LogP contribution in [0.1, 0.15) is 56.0 Å². The molecule has 0 radical (unpaired) electrons. The van der Waals surface area contributed by atoms with Gasteiger partial charge >= 0.3 is 5.69 Å². The van der Waals surface area contributed by atoms with E-state index in [-0.39, 0.29) is 23.9 Å². The van der Waals surface area contributed by atoms with Crippen LogP contribution in [0.25, 0.3) is 11.0 Å². The van der Waals surface area contributed by atoms with E-state index in [1.165, 1.54) is 18.4 Å². The van der Waals surface area contributed by atoms with Crippen molar-refractivity contribution in [1.29, 1.82) is 0 Å². The number of amides is 2. The summed E-state index contributed by atoms with van der Waals surface area (Å²) >= 11 is 0. The van der Waals surface area contributed by atoms with E-state index in [2.05, 4.69) is 21.6 Å². The molecule has 4 heterocycles. The first-order chi connectivity index (χ1) is 15.5. The van der Waals surface area contributed by atoms with Crippen molar-refractivity contribution in [2.75, 3.05) is 32.7 Å². The van der Waals surface area contributed by atoms with Crippen LogP contribution in [0.15, 0.2) is 23.0 Å². The largest absolute Gasteiger partial charge is 0.329 e. The molecule has 1 aromatic heterocycles. The fourth-order valence-corrected chi connectivity index (χ4v) is 5.93. The van der Waals surface area contributed by atoms with Gasteiger partial charge in [-0.3, -0.25) is 24.0 Å². The fraction of sp³-hybridized carbons (Fsp3) is 0.625. The zero-order valence-corrected chi connectivity index (χ0v) is 18.8. The van der Waals surface area contributed by atoms with Crippen LogP contribution in [0.2, 0.25) is 0 Å². The van der Waals surface area contributed by atoms with Gasteiger partial charge in [0.05, 0.1) is 11.0 Å². The first kappa shape index (κ1) is 21.4. The van der Waals surface area contributed by atoms with Crippen LogP contribution in [0.4, 0.5) is 0 Å². The van der Waals surface area contributed by atoms with Gasteiger partial charge in [0.25, 0.3) is 0 Å². The number of imide groups is 1. The van der Waals surface area contributed by atoms with Crippen LogP contribution in [0, 0.1) is 5.92 Å². The molecule has 2 N–H and O–H groups in total. The molecule has 3 fully saturated rings. The number of carbonyl (C=O) groups excluding carboxylic acids is 2. The van der Waals surface area contributed by atoms with Crippen molar-refractivity contribution < 1.29 is 9.59 Å². The van der Waals surface area contributed by atoms with Crippen molar-refractivity contribution in [2.24, 2.45) is 13.0 Å². The molecule has 2 amide bonds. The van der Waals surface area contributed by atoms with Crippen LogP contribution in [0.5, 0.6) is 0 Å². The molecule has 5 rings (SSSR count). The van der Waals surface area contributed by atoms with Gasteiger partial charge in [0.1, 0.15) is 6.04 Å². The maximum absolute atomic E-state index is 13.2. The summed E-state index contributed by atoms with van der Waals surface area (Å²) < 4.78 is 3.29. The second-order valence-corrected chi connectivity index (χ2v) is 9.69. The molecule has 0 aliphatic carbocycles. The van der Waals surface area contributed by atoms with Gasteiger partial charge in [0.15, 0.2) is 0 Å². The summed E-state index contributed by atoms with van der Waals surface area (Å²) in [4.78, 5) is 40.0. The quantitative estimate of drug-likeness (QED) is 0.705. The SMILES string of the molecule is Cn1c(=O)n(C2CCC(=O)NC2=O)c2cccc(C3CCCN(CC4CCNCC4)C3)c21. The smallest absolute Gasteiger partial charge is 0.317 e. The van der Waals surface area contributed by atoms with Crippen molar-refractivity contribution in [1.82, 2.24) is 24.7 Å². The Hall–Kier alpha value is -2.45. The van der Waals surface area contributed by atoms with Crippen molar-refractivity contribution in [3.05, 3.63) is 34.2 Å². The zero-order valence-electron chi connectivity index (χ0n) is 18.8. The Bertz CT molecular complexity index is 1080. The first-order valence-corrected chi connectivity index (χ1v) is 12.0. The first-order valence-electron chi connectivity index (χ1n) is 12.0. The highest BCUT2D eigenvalue weighted by Crippen LogP contribution is 2.34. The lowest BCUT2D eigenvalue weighted by molar-refractivity contribution is -0.135. The fourth-order valence-electron chi connectivity index (χ4n) is 5.93. The third kappa shape index (κ3) is 3.90. The topological polar surface area (TPSA) is 88.4 Å². The van der Waals surface area contributed by atoms with Crippen LogP contribution < -0.4 is 16.3 Å². The Morgan fingerprint density at radius 1 is 1.06 bits per heavy atom. The Kier molecular flexibility index (Phi) is 5.90. The van der Waals surface area contributed by atoms with Crippen molar-refractivity contribution in [3.63, 3.8) is 0 Å². The molecule has 2 atom stereocenters. The van der Waals surface area contributed by atoms with E-state index < -0.39 is 6.04 Å². The summed E-state index contributed by atoms with van der Waals surface area (Å²) in [6.07, 6.45) is 5.39. The van der Waals surface area contributed by atoms with Gasteiger partial charge in [-0.2, -0.15) is 0 Å². The van der Waals surface area contributed by atoms with Crippen LogP contribution in [-0.4, -0.2) is 58.6 Å². The predicted molar refractivity (Wildman–Crippen MR) is 123 cm³/mol. The Labute approximate surface area is 187 Å². The summed E-state index contributed by atoms with van der Waals surface area (Å²) in [5.41, 5.74) is 2.73. The second-order valence-electron chi connectivity index (χ2n) is 9.69. The Morgan fingerprint density at radius 3 is 2.66 bits per heavy atom. The van der Waals surface area contributed by atoms with Gasteiger partial charge in [-0.05, 0) is 75.2 Å². The van der Waals surface area contributed by atoms with Crippen LogP contribution in [0.3, 0.4) is 0 Å². The van der Waals surface area contributed by atoms with Crippen molar-refractivity contribution in [3.8, 4) is 0 Å². The van der Waals surface area contributed by atoms with Crippen molar-refractivity contribution in [2.45, 2.75) is 50.5 Å². The molecule has 32 heavy (non-hydrogen) atoms. The lowest BCUT2D eigenvalue weighted by atomic mass is 9.88. The third-order valence-corrected chi connectivity index (χ3v) is 7.58. The lowest BCUT2D eigenvalue weighted by Crippen LogP contribution is -2.44. The van der Waals surface area contributed by atoms with E-state index in [1.807, 2.05) is 12.1 Å². The van der Waals surface area contributed by atoms with E-state index in [0.717, 1.165) is 62.5 Å². The summed E-state index contributed by atoms with van der Waals surface area (Å²) in [5, 5.41) is 5.85. The highest BCUT2D eigenvalue weighted by atomic mass is 16.2. The number of aryl methyl sites for hydroxylation is 1. The summed E-state index contributed by atoms with van der Waals surface area (Å²) in [6, 6.07) is 5.45. The Balaban J connectivity index is 1.45. The standard InChI is InChI=1S/C24H33N5O3/c1-27-22-18(17-4-3-13-28(15-17)14-16-9-11-25-12-10-16)5-2-6-19(22)29(24(27)32)20-7-8-21(30)26-23(20)31/h2,5-6,16-17,20,25H,3-4,7-15H2,1H3,(H,26,30,31). The molecule has 0 spiro atoms. The molecule has 3 aliphatic rings. The van der Waals surface area contributed by atoms with Gasteiger partial charge < -0.3 is 10.2 Å². The Morgan fingerprint density at radius 2 is 1.88 bits per heavy atom. The van der Waals surface area contributed by atoms with E-state index in [4.69, 9.17) is 0 Å². The van der Waals surface area contributed by atoms with Crippen LogP contribution >= 0.6 is 0 Å². The minimum atomic E-state index is -0.637. The van der Waals surface area contributed by atoms with Crippen LogP contribution in [-0.2, 0) is 16.6 Å². The second kappa shape index (κ2) is 8.83. The van der Waals surface area contributed by atoms with Gasteiger partial charge in [0.2, 0.25) is 11.8 Å². The number of rotatable bonds is 4. The number of likely N-dealkylation sites (tertiary alicyclic amines) is 1. The monoisotopic (exact) mass is 439 g/mol. The normalized spacial score (nSPS) is 25.9. The van der Waals surface area contributed by atoms with Crippen molar-refractivity contribution >= 4 is 22.8 Å². The lowest BCUT2D eigenvalue weighted by Gasteiger charge is -2.36. The molecular formula is C24H33N5O3. The number of nitrogens with zero attached hydrogens (tertiary/aromatic N) is 3. The minimum Gasteiger partial charge on any atom is -0.317 e. The molecule has 172 valence electrons. The predicted octanol–water partition coefficient (Wildman–Crippen LogP) is 1.50. The number of carbonyl (C=O) groups is 2. The van der Waals surface area contributed by atoms with Gasteiger partial charge in [-0.1, -0.05) is 12.1 Å². The number of benzene rings is 1. The molecule has 8 nitrogen and oxygen atoms in total. The number of nitrogens with one attached hydrogen (secondary N) is 2. The minimum absolute atomic E-state index is 0.190. The van der Waals surface area contributed by atoms with Gasteiger partial charge in [-0.25, -0.2) is 4.79 Å². The number of imidazole rings is 1. The molecular weight excluding hydrogens is 406 g/mol. The molecule has 8 heteroatoms. The number of hydrogen-bond donors (Lipinski definition) is 2. The van der Waals surface area contributed by atoms with Gasteiger partial charge in [0, 0.05) is 26.6 Å². The number of fused-ring (bicyclic) bond motifs is 1. The zero-order chi connectivity index (χ0) is 22.2. The number of piperidine rings is 3. The molecule has 1 aromatic carbocycles. The molecule has 2 unspecified atom stereocenters. The molecule has 2 aromatic rings. The molecule has 3 aliphatic heterocycles. The maximum Gasteiger partial charge on any atom is 0.329 e. The molecule has 3 saturated heterocycles. The van der Waals surface area contributed by atoms with Gasteiger partial charge in [-0.15, -0.1) is 0 Å². The summed E-state index contributed by atoms with van der Waals surface area (Å²) in [5.74, 6) is 0.490. The molecule has 0 bridgehead atoms. The van der Waals surface area contributed by atoms with E-state index in [9.17, 15) is 14.4 Å². The summed E-state index contributed by atoms with van der Waals surface area (Å²) in [7, 11) is 1.80. The third-order valence-electron chi connectivity index (χ3n) is 7.58.